The van der Waals surface area contributed by atoms with Gasteiger partial charge >= 0.3 is 0 Å². The number of alkyl halides is 1. The molecule has 12 heavy (non-hydrogen) atoms. The first-order valence-electron chi connectivity index (χ1n) is 3.49. The number of hydrogen-bond acceptors (Lipinski definition) is 0. The maximum absolute atomic E-state index is 13.0. The van der Waals surface area contributed by atoms with Crippen molar-refractivity contribution in [3.8, 4) is 0 Å². The van der Waals surface area contributed by atoms with Crippen molar-refractivity contribution in [2.75, 3.05) is 0 Å². The first kappa shape index (κ1) is 9.29. The van der Waals surface area contributed by atoms with Gasteiger partial charge in [0.25, 0.3) is 0 Å². The van der Waals surface area contributed by atoms with Crippen molar-refractivity contribution in [2.24, 2.45) is 5.92 Å². The second-order valence-electron chi connectivity index (χ2n) is 2.97. The summed E-state index contributed by atoms with van der Waals surface area (Å²) in [5.41, 5.74) is -2.92. The maximum atomic E-state index is 13.0. The van der Waals surface area contributed by atoms with E-state index in [-0.39, 0.29) is 0 Å². The van der Waals surface area contributed by atoms with Crippen LogP contribution >= 0.6 is 0 Å². The Balaban J connectivity index is 3.16. The molecule has 0 heterocycles. The molecule has 2 unspecified atom stereocenters. The average molecular weight is 180 g/mol. The lowest BCUT2D eigenvalue weighted by atomic mass is 9.93. The largest absolute Gasteiger partial charge is 0.228 e. The highest BCUT2D eigenvalue weighted by Gasteiger charge is 2.42. The summed E-state index contributed by atoms with van der Waals surface area (Å²) < 4.78 is 51.0. The minimum Gasteiger partial charge on any atom is -0.228 e. The summed E-state index contributed by atoms with van der Waals surface area (Å²) in [5, 5.41) is 0. The third-order valence-corrected chi connectivity index (χ3v) is 1.87. The number of allylic oxidation sites excluding steroid dienone is 4. The van der Waals surface area contributed by atoms with Crippen LogP contribution in [0.5, 0.6) is 0 Å². The molecular weight excluding hydrogens is 172 g/mol. The fraction of sp³-hybridized carbons (Fsp3) is 0.500. The lowest BCUT2D eigenvalue weighted by Crippen LogP contribution is -2.25. The topological polar surface area (TPSA) is 0 Å². The van der Waals surface area contributed by atoms with Crippen LogP contribution < -0.4 is 0 Å². The van der Waals surface area contributed by atoms with Gasteiger partial charge in [0.1, 0.15) is 11.7 Å². The summed E-state index contributed by atoms with van der Waals surface area (Å²) in [4.78, 5) is 0. The molecule has 1 aliphatic carbocycles. The molecule has 0 nitrogen and oxygen atoms in total. The van der Waals surface area contributed by atoms with Crippen LogP contribution in [0.2, 0.25) is 0 Å². The Bertz CT molecular complexity index is 262. The Morgan fingerprint density at radius 1 is 1.33 bits per heavy atom. The molecule has 1 aliphatic rings. The monoisotopic (exact) mass is 180 g/mol. The summed E-state index contributed by atoms with van der Waals surface area (Å²) >= 11 is 0. The van der Waals surface area contributed by atoms with E-state index in [0.717, 1.165) is 6.08 Å². The summed E-state index contributed by atoms with van der Waals surface area (Å²) in [6, 6.07) is 0. The molecular formula is C8H8F4. The van der Waals surface area contributed by atoms with Crippen LogP contribution in [0.1, 0.15) is 13.8 Å². The third kappa shape index (κ3) is 1.15. The van der Waals surface area contributed by atoms with Crippen LogP contribution in [0.25, 0.3) is 0 Å². The molecule has 68 valence electrons. The Labute approximate surface area is 67.6 Å². The summed E-state index contributed by atoms with van der Waals surface area (Å²) in [6.45, 7) is 1.91. The molecule has 0 aromatic carbocycles. The molecule has 0 aliphatic heterocycles. The molecule has 1 rings (SSSR count). The summed E-state index contributed by atoms with van der Waals surface area (Å²) in [5.74, 6) is -5.18. The van der Waals surface area contributed by atoms with E-state index in [1.807, 2.05) is 0 Å². The average Bonchev–Trinajstić information content (AvgIpc) is 1.99. The van der Waals surface area contributed by atoms with Gasteiger partial charge in [-0.2, -0.15) is 0 Å². The van der Waals surface area contributed by atoms with Crippen LogP contribution in [0.3, 0.4) is 0 Å². The Kier molecular flexibility index (Phi) is 2.02. The molecule has 2 atom stereocenters. The van der Waals surface area contributed by atoms with E-state index >= 15 is 0 Å². The fourth-order valence-corrected chi connectivity index (χ4v) is 0.978. The molecule has 0 N–H and O–H groups in total. The zero-order valence-corrected chi connectivity index (χ0v) is 6.67. The van der Waals surface area contributed by atoms with E-state index in [0.29, 0.717) is 6.92 Å². The van der Waals surface area contributed by atoms with Crippen LogP contribution in [0.15, 0.2) is 23.6 Å². The quantitative estimate of drug-likeness (QED) is 0.501. The van der Waals surface area contributed by atoms with Crippen molar-refractivity contribution in [1.29, 1.82) is 0 Å². The number of halogens is 4. The van der Waals surface area contributed by atoms with E-state index in [4.69, 9.17) is 0 Å². The molecule has 0 amide bonds. The first-order chi connectivity index (χ1) is 5.37. The second-order valence-corrected chi connectivity index (χ2v) is 2.97. The third-order valence-electron chi connectivity index (χ3n) is 1.87. The van der Waals surface area contributed by atoms with Gasteiger partial charge in [0, 0.05) is 5.92 Å². The van der Waals surface area contributed by atoms with Gasteiger partial charge in [-0.1, -0.05) is 6.92 Å². The summed E-state index contributed by atoms with van der Waals surface area (Å²) in [6.07, 6.45) is 0.735. The highest BCUT2D eigenvalue weighted by Crippen LogP contribution is 2.41. The van der Waals surface area contributed by atoms with Crippen molar-refractivity contribution in [3.05, 3.63) is 23.6 Å². The molecule has 0 saturated heterocycles. The van der Waals surface area contributed by atoms with Gasteiger partial charge in [0.05, 0.1) is 0 Å². The van der Waals surface area contributed by atoms with E-state index in [9.17, 15) is 17.6 Å². The Morgan fingerprint density at radius 3 is 2.33 bits per heavy atom. The van der Waals surface area contributed by atoms with Gasteiger partial charge in [-0.15, -0.1) is 0 Å². The molecule has 4 heteroatoms. The fourth-order valence-electron chi connectivity index (χ4n) is 0.978. The predicted molar refractivity (Wildman–Crippen MR) is 37.1 cm³/mol. The van der Waals surface area contributed by atoms with E-state index in [2.05, 4.69) is 0 Å². The van der Waals surface area contributed by atoms with Crippen LogP contribution in [-0.2, 0) is 0 Å². The van der Waals surface area contributed by atoms with E-state index < -0.39 is 29.1 Å². The van der Waals surface area contributed by atoms with Gasteiger partial charge in [-0.25, -0.2) is 17.6 Å². The minimum absolute atomic E-state index is 0.652. The SMILES string of the molecule is CC1C=C(F)C(C)(F)C(F)=C1F. The molecule has 0 spiro atoms. The van der Waals surface area contributed by atoms with Gasteiger partial charge in [0.2, 0.25) is 5.67 Å². The molecule has 0 bridgehead atoms. The van der Waals surface area contributed by atoms with Gasteiger partial charge in [-0.05, 0) is 13.0 Å². The highest BCUT2D eigenvalue weighted by molar-refractivity contribution is 5.32. The molecule has 0 fully saturated rings. The molecule has 0 aromatic rings. The lowest BCUT2D eigenvalue weighted by Gasteiger charge is -2.23. The van der Waals surface area contributed by atoms with Crippen molar-refractivity contribution in [3.63, 3.8) is 0 Å². The van der Waals surface area contributed by atoms with Crippen LogP contribution in [-0.4, -0.2) is 5.67 Å². The standard InChI is InChI=1S/C8H8F4/c1-4-3-5(9)8(2,12)7(11)6(4)10/h3-4H,1-2H3. The number of rotatable bonds is 0. The normalized spacial score (nSPS) is 36.8. The molecule has 0 saturated carbocycles. The smallest absolute Gasteiger partial charge is 0.212 e. The minimum atomic E-state index is -2.92. The molecule has 0 aromatic heterocycles. The maximum Gasteiger partial charge on any atom is 0.212 e. The van der Waals surface area contributed by atoms with Crippen molar-refractivity contribution in [2.45, 2.75) is 19.5 Å². The second kappa shape index (κ2) is 2.61. The highest BCUT2D eigenvalue weighted by atomic mass is 19.2. The van der Waals surface area contributed by atoms with Gasteiger partial charge < -0.3 is 0 Å². The van der Waals surface area contributed by atoms with E-state index in [1.165, 1.54) is 6.92 Å². The van der Waals surface area contributed by atoms with E-state index in [1.54, 1.807) is 0 Å². The van der Waals surface area contributed by atoms with Gasteiger partial charge in [0.15, 0.2) is 5.83 Å². The zero-order valence-electron chi connectivity index (χ0n) is 6.67. The van der Waals surface area contributed by atoms with Crippen molar-refractivity contribution < 1.29 is 17.6 Å². The zero-order chi connectivity index (χ0) is 9.52. The Hall–Kier alpha value is -0.800. The molecule has 0 radical (unpaired) electrons. The van der Waals surface area contributed by atoms with Crippen LogP contribution in [0.4, 0.5) is 17.6 Å². The first-order valence-corrected chi connectivity index (χ1v) is 3.49. The Morgan fingerprint density at radius 2 is 1.83 bits per heavy atom. The van der Waals surface area contributed by atoms with Crippen molar-refractivity contribution >= 4 is 0 Å². The predicted octanol–water partition coefficient (Wildman–Crippen LogP) is 3.37. The number of hydrogen-bond donors (Lipinski definition) is 0. The lowest BCUT2D eigenvalue weighted by molar-refractivity contribution is 0.184. The van der Waals surface area contributed by atoms with Gasteiger partial charge in [-0.3, -0.25) is 0 Å². The summed E-state index contributed by atoms with van der Waals surface area (Å²) in [7, 11) is 0. The van der Waals surface area contributed by atoms with Crippen LogP contribution in [0, 0.1) is 5.92 Å². The van der Waals surface area contributed by atoms with Crippen molar-refractivity contribution in [1.82, 2.24) is 0 Å².